The maximum absolute atomic E-state index is 12.6. The first-order chi connectivity index (χ1) is 12.3. The molecule has 1 aromatic carbocycles. The van der Waals surface area contributed by atoms with Crippen molar-refractivity contribution in [1.82, 2.24) is 20.2 Å². The first kappa shape index (κ1) is 16.2. The summed E-state index contributed by atoms with van der Waals surface area (Å²) >= 11 is 0. The third-order valence-corrected chi connectivity index (χ3v) is 5.02. The van der Waals surface area contributed by atoms with Crippen LogP contribution in [0.25, 0.3) is 11.1 Å². The summed E-state index contributed by atoms with van der Waals surface area (Å²) in [6.07, 6.45) is 7.51. The second kappa shape index (κ2) is 7.29. The summed E-state index contributed by atoms with van der Waals surface area (Å²) < 4.78 is 5.63. The van der Waals surface area contributed by atoms with Gasteiger partial charge in [-0.2, -0.15) is 0 Å². The van der Waals surface area contributed by atoms with E-state index in [1.807, 2.05) is 24.3 Å². The lowest BCUT2D eigenvalue weighted by Gasteiger charge is -2.27. The average molecular weight is 338 g/mol. The monoisotopic (exact) mass is 338 g/mol. The number of amides is 1. The van der Waals surface area contributed by atoms with E-state index >= 15 is 0 Å². The van der Waals surface area contributed by atoms with Crippen LogP contribution in [0.2, 0.25) is 0 Å². The van der Waals surface area contributed by atoms with Gasteiger partial charge in [0, 0.05) is 23.5 Å². The van der Waals surface area contributed by atoms with Crippen molar-refractivity contribution >= 4 is 5.91 Å². The number of aromatic nitrogens is 2. The first-order valence-corrected chi connectivity index (χ1v) is 8.79. The van der Waals surface area contributed by atoms with Gasteiger partial charge < -0.3 is 10.1 Å². The van der Waals surface area contributed by atoms with Crippen molar-refractivity contribution in [1.29, 1.82) is 0 Å². The van der Waals surface area contributed by atoms with Gasteiger partial charge in [-0.25, -0.2) is 9.97 Å². The Morgan fingerprint density at radius 3 is 2.48 bits per heavy atom. The van der Waals surface area contributed by atoms with E-state index in [1.165, 1.54) is 19.2 Å². The van der Waals surface area contributed by atoms with E-state index in [0.29, 0.717) is 24.8 Å². The number of hydrogen-bond donors (Lipinski definition) is 1. The predicted octanol–water partition coefficient (Wildman–Crippen LogP) is 1.74. The molecule has 1 aromatic heterocycles. The molecule has 0 spiro atoms. The van der Waals surface area contributed by atoms with Gasteiger partial charge in [0.2, 0.25) is 0 Å². The number of nitrogens with one attached hydrogen (secondary N) is 1. The van der Waals surface area contributed by atoms with E-state index in [0.717, 1.165) is 24.2 Å². The van der Waals surface area contributed by atoms with Gasteiger partial charge in [-0.1, -0.05) is 12.1 Å². The Kier molecular flexibility index (Phi) is 4.72. The van der Waals surface area contributed by atoms with Crippen LogP contribution in [0.3, 0.4) is 0 Å². The molecule has 0 aliphatic carbocycles. The van der Waals surface area contributed by atoms with Crippen LogP contribution in [0.1, 0.15) is 23.2 Å². The van der Waals surface area contributed by atoms with Gasteiger partial charge >= 0.3 is 0 Å². The number of carbonyl (C=O) groups is 1. The summed E-state index contributed by atoms with van der Waals surface area (Å²) in [5.74, 6) is -0.0458. The molecule has 2 aliphatic heterocycles. The van der Waals surface area contributed by atoms with Gasteiger partial charge in [-0.3, -0.25) is 9.69 Å². The number of nitrogens with zero attached hydrogens (tertiary/aromatic N) is 3. The first-order valence-electron chi connectivity index (χ1n) is 8.79. The number of rotatable bonds is 4. The zero-order chi connectivity index (χ0) is 17.1. The van der Waals surface area contributed by atoms with E-state index in [-0.39, 0.29) is 11.9 Å². The van der Waals surface area contributed by atoms with Crippen molar-refractivity contribution in [3.05, 3.63) is 48.5 Å². The maximum atomic E-state index is 12.6. The molecule has 0 unspecified atom stereocenters. The van der Waals surface area contributed by atoms with E-state index < -0.39 is 0 Å². The van der Waals surface area contributed by atoms with Crippen LogP contribution in [0.5, 0.6) is 0 Å². The van der Waals surface area contributed by atoms with Crippen molar-refractivity contribution < 1.29 is 9.53 Å². The Hall–Kier alpha value is -2.31. The van der Waals surface area contributed by atoms with Crippen LogP contribution in [-0.4, -0.2) is 59.2 Å². The Balaban J connectivity index is 1.42. The molecule has 130 valence electrons. The lowest BCUT2D eigenvalue weighted by atomic mass is 10.1. The number of benzene rings is 1. The third-order valence-electron chi connectivity index (χ3n) is 5.02. The normalized spacial score (nSPS) is 23.7. The lowest BCUT2D eigenvalue weighted by molar-refractivity contribution is 0.0916. The third kappa shape index (κ3) is 3.55. The fraction of sp³-hybridized carbons (Fsp3) is 0.421. The van der Waals surface area contributed by atoms with Crippen molar-refractivity contribution in [2.24, 2.45) is 0 Å². The fourth-order valence-electron chi connectivity index (χ4n) is 3.63. The Morgan fingerprint density at radius 2 is 1.76 bits per heavy atom. The number of hydrogen-bond acceptors (Lipinski definition) is 5. The molecule has 2 fully saturated rings. The summed E-state index contributed by atoms with van der Waals surface area (Å²) in [7, 11) is 0. The van der Waals surface area contributed by atoms with E-state index in [9.17, 15) is 4.79 Å². The van der Waals surface area contributed by atoms with E-state index in [2.05, 4.69) is 20.2 Å². The molecule has 0 radical (unpaired) electrons. The van der Waals surface area contributed by atoms with Crippen LogP contribution >= 0.6 is 0 Å². The minimum absolute atomic E-state index is 0.0458. The lowest BCUT2D eigenvalue weighted by Crippen LogP contribution is -2.50. The van der Waals surface area contributed by atoms with Crippen LogP contribution in [-0.2, 0) is 4.74 Å². The summed E-state index contributed by atoms with van der Waals surface area (Å²) in [6.45, 7) is 3.51. The minimum Gasteiger partial charge on any atom is -0.378 e. The zero-order valence-electron chi connectivity index (χ0n) is 14.1. The molecule has 1 amide bonds. The Labute approximate surface area is 147 Å². The van der Waals surface area contributed by atoms with Crippen LogP contribution in [0.15, 0.2) is 43.0 Å². The topological polar surface area (TPSA) is 67.3 Å². The maximum Gasteiger partial charge on any atom is 0.251 e. The molecule has 4 rings (SSSR count). The Morgan fingerprint density at radius 1 is 1.04 bits per heavy atom. The van der Waals surface area contributed by atoms with Crippen molar-refractivity contribution in [3.8, 4) is 11.1 Å². The Bertz CT molecular complexity index is 714. The molecule has 0 bridgehead atoms. The van der Waals surface area contributed by atoms with E-state index in [4.69, 9.17) is 4.74 Å². The summed E-state index contributed by atoms with van der Waals surface area (Å²) in [5, 5.41) is 3.15. The van der Waals surface area contributed by atoms with E-state index in [1.54, 1.807) is 12.4 Å². The van der Waals surface area contributed by atoms with Gasteiger partial charge in [0.15, 0.2) is 0 Å². The van der Waals surface area contributed by atoms with Crippen LogP contribution in [0, 0.1) is 0 Å². The molecule has 2 aliphatic rings. The highest BCUT2D eigenvalue weighted by Gasteiger charge is 2.35. The van der Waals surface area contributed by atoms with Crippen LogP contribution < -0.4 is 5.32 Å². The molecule has 6 heteroatoms. The summed E-state index contributed by atoms with van der Waals surface area (Å²) in [6, 6.07) is 7.91. The second-order valence-electron chi connectivity index (χ2n) is 6.63. The molecule has 3 heterocycles. The predicted molar refractivity (Wildman–Crippen MR) is 94.1 cm³/mol. The van der Waals surface area contributed by atoms with Crippen LogP contribution in [0.4, 0.5) is 0 Å². The quantitative estimate of drug-likeness (QED) is 0.920. The molecule has 2 aromatic rings. The summed E-state index contributed by atoms with van der Waals surface area (Å²) in [4.78, 5) is 23.1. The highest BCUT2D eigenvalue weighted by Crippen LogP contribution is 2.20. The standard InChI is InChI=1S/C19H22N4O2/c24-19(22-17-11-25-12-18(17)23-7-1-2-8-23)15-5-3-14(4-6-15)16-9-20-13-21-10-16/h3-6,9-10,13,17-18H,1-2,7-8,11-12H2,(H,22,24)/t17-,18-/m0/s1. The van der Waals surface area contributed by atoms with Crippen molar-refractivity contribution in [3.63, 3.8) is 0 Å². The second-order valence-corrected chi connectivity index (χ2v) is 6.63. The summed E-state index contributed by atoms with van der Waals surface area (Å²) in [5.41, 5.74) is 2.59. The fourth-order valence-corrected chi connectivity index (χ4v) is 3.63. The largest absolute Gasteiger partial charge is 0.378 e. The van der Waals surface area contributed by atoms with Gasteiger partial charge in [0.05, 0.1) is 25.3 Å². The van der Waals surface area contributed by atoms with Gasteiger partial charge in [-0.15, -0.1) is 0 Å². The molecular formula is C19H22N4O2. The molecule has 1 N–H and O–H groups in total. The van der Waals surface area contributed by atoms with Crippen molar-refractivity contribution in [2.45, 2.75) is 24.9 Å². The SMILES string of the molecule is O=C(N[C@H]1COC[C@@H]1N1CCCC1)c1ccc(-c2cncnc2)cc1. The average Bonchev–Trinajstić information content (AvgIpc) is 3.34. The smallest absolute Gasteiger partial charge is 0.251 e. The van der Waals surface area contributed by atoms with Gasteiger partial charge in [0.1, 0.15) is 6.33 Å². The molecular weight excluding hydrogens is 316 g/mol. The number of carbonyl (C=O) groups excluding carboxylic acids is 1. The molecule has 2 atom stereocenters. The minimum atomic E-state index is -0.0458. The van der Waals surface area contributed by atoms with Crippen molar-refractivity contribution in [2.75, 3.05) is 26.3 Å². The molecule has 2 saturated heterocycles. The molecule has 25 heavy (non-hydrogen) atoms. The number of likely N-dealkylation sites (tertiary alicyclic amines) is 1. The molecule has 6 nitrogen and oxygen atoms in total. The zero-order valence-corrected chi connectivity index (χ0v) is 14.1. The highest BCUT2D eigenvalue weighted by atomic mass is 16.5. The van der Waals surface area contributed by atoms with Gasteiger partial charge in [-0.05, 0) is 43.6 Å². The molecule has 0 saturated carbocycles. The number of ether oxygens (including phenoxy) is 1. The van der Waals surface area contributed by atoms with Gasteiger partial charge in [0.25, 0.3) is 5.91 Å². The highest BCUT2D eigenvalue weighted by molar-refractivity contribution is 5.95.